The van der Waals surface area contributed by atoms with Crippen LogP contribution in [-0.4, -0.2) is 52.0 Å². The largest absolute Gasteiger partial charge is 0.374 e. The summed E-state index contributed by atoms with van der Waals surface area (Å²) in [5.41, 5.74) is 5.73. The summed E-state index contributed by atoms with van der Waals surface area (Å²) in [7, 11) is 0. The summed E-state index contributed by atoms with van der Waals surface area (Å²) in [6.45, 7) is 8.66. The molecule has 96 valence electrons. The summed E-state index contributed by atoms with van der Waals surface area (Å²) in [4.78, 5) is 6.56. The van der Waals surface area contributed by atoms with Gasteiger partial charge in [0.05, 0.1) is 25.3 Å². The highest BCUT2D eigenvalue weighted by atomic mass is 16.5. The van der Waals surface area contributed by atoms with Gasteiger partial charge in [-0.3, -0.25) is 4.90 Å². The number of rotatable bonds is 4. The Morgan fingerprint density at radius 3 is 3.12 bits per heavy atom. The van der Waals surface area contributed by atoms with E-state index in [0.29, 0.717) is 5.82 Å². The lowest BCUT2D eigenvalue weighted by molar-refractivity contribution is -0.0358. The van der Waals surface area contributed by atoms with Gasteiger partial charge in [0.15, 0.2) is 5.82 Å². The Bertz CT molecular complexity index is 351. The van der Waals surface area contributed by atoms with Crippen molar-refractivity contribution in [2.75, 3.05) is 26.2 Å². The van der Waals surface area contributed by atoms with E-state index in [2.05, 4.69) is 21.9 Å². The first-order chi connectivity index (χ1) is 8.19. The van der Waals surface area contributed by atoms with Crippen LogP contribution in [0.15, 0.2) is 6.33 Å². The third kappa shape index (κ3) is 3.24. The highest BCUT2D eigenvalue weighted by Crippen LogP contribution is 2.08. The molecule has 6 nitrogen and oxygen atoms in total. The van der Waals surface area contributed by atoms with E-state index in [4.69, 9.17) is 10.5 Å². The molecular weight excluding hydrogens is 218 g/mol. The minimum absolute atomic E-state index is 0.115. The molecule has 1 fully saturated rings. The van der Waals surface area contributed by atoms with Crippen LogP contribution in [0.2, 0.25) is 0 Å². The Balaban J connectivity index is 1.91. The summed E-state index contributed by atoms with van der Waals surface area (Å²) >= 11 is 0. The van der Waals surface area contributed by atoms with E-state index in [1.165, 1.54) is 0 Å². The van der Waals surface area contributed by atoms with Crippen molar-refractivity contribution in [1.29, 1.82) is 0 Å². The maximum absolute atomic E-state index is 5.73. The third-order valence-electron chi connectivity index (χ3n) is 3.02. The van der Waals surface area contributed by atoms with Crippen LogP contribution in [0.5, 0.6) is 0 Å². The molecule has 0 aliphatic carbocycles. The molecule has 1 aliphatic heterocycles. The summed E-state index contributed by atoms with van der Waals surface area (Å²) in [5, 5.41) is 4.34. The number of hydrogen-bond donors (Lipinski definition) is 1. The van der Waals surface area contributed by atoms with Crippen LogP contribution in [0.4, 0.5) is 0 Å². The SMILES string of the molecule is CCN1CCOC(Cn2cnc(C(C)N)n2)C1. The predicted octanol–water partition coefficient (Wildman–Crippen LogP) is 0.0185. The van der Waals surface area contributed by atoms with Gasteiger partial charge in [-0.15, -0.1) is 0 Å². The lowest BCUT2D eigenvalue weighted by Crippen LogP contribution is -2.44. The zero-order valence-corrected chi connectivity index (χ0v) is 10.5. The van der Waals surface area contributed by atoms with Crippen LogP contribution in [-0.2, 0) is 11.3 Å². The molecule has 2 rings (SSSR count). The van der Waals surface area contributed by atoms with Crippen LogP contribution in [0, 0.1) is 0 Å². The number of aromatic nitrogens is 3. The molecule has 0 aromatic carbocycles. The molecule has 0 amide bonds. The topological polar surface area (TPSA) is 69.2 Å². The lowest BCUT2D eigenvalue weighted by Gasteiger charge is -2.31. The molecule has 0 bridgehead atoms. The Labute approximate surface area is 102 Å². The van der Waals surface area contributed by atoms with Crippen LogP contribution in [0.1, 0.15) is 25.7 Å². The maximum Gasteiger partial charge on any atom is 0.166 e. The van der Waals surface area contributed by atoms with Gasteiger partial charge >= 0.3 is 0 Å². The molecular formula is C11H21N5O. The molecule has 0 spiro atoms. The van der Waals surface area contributed by atoms with E-state index in [0.717, 1.165) is 32.8 Å². The van der Waals surface area contributed by atoms with Gasteiger partial charge in [-0.1, -0.05) is 6.92 Å². The van der Waals surface area contributed by atoms with Crippen LogP contribution < -0.4 is 5.73 Å². The van der Waals surface area contributed by atoms with Crippen molar-refractivity contribution in [3.8, 4) is 0 Å². The number of morpholine rings is 1. The van der Waals surface area contributed by atoms with Crippen LogP contribution in [0.25, 0.3) is 0 Å². The molecule has 6 heteroatoms. The smallest absolute Gasteiger partial charge is 0.166 e. The van der Waals surface area contributed by atoms with Crippen molar-refractivity contribution in [1.82, 2.24) is 19.7 Å². The van der Waals surface area contributed by atoms with Crippen molar-refractivity contribution in [2.24, 2.45) is 5.73 Å². The van der Waals surface area contributed by atoms with Crippen LogP contribution in [0.3, 0.4) is 0 Å². The molecule has 1 aromatic heterocycles. The average molecular weight is 239 g/mol. The van der Waals surface area contributed by atoms with E-state index in [9.17, 15) is 0 Å². The Hall–Kier alpha value is -0.980. The van der Waals surface area contributed by atoms with Gasteiger partial charge in [0, 0.05) is 13.1 Å². The second-order valence-electron chi connectivity index (χ2n) is 4.50. The first-order valence-electron chi connectivity index (χ1n) is 6.18. The van der Waals surface area contributed by atoms with Gasteiger partial charge in [0.1, 0.15) is 6.33 Å². The quantitative estimate of drug-likeness (QED) is 0.802. The first-order valence-corrected chi connectivity index (χ1v) is 6.18. The molecule has 2 N–H and O–H groups in total. The van der Waals surface area contributed by atoms with Crippen LogP contribution >= 0.6 is 0 Å². The number of ether oxygens (including phenoxy) is 1. The molecule has 0 radical (unpaired) electrons. The van der Waals surface area contributed by atoms with E-state index in [1.807, 2.05) is 11.6 Å². The van der Waals surface area contributed by atoms with Crippen molar-refractivity contribution in [3.05, 3.63) is 12.2 Å². The average Bonchev–Trinajstić information content (AvgIpc) is 2.78. The van der Waals surface area contributed by atoms with Gasteiger partial charge in [0.2, 0.25) is 0 Å². The van der Waals surface area contributed by atoms with Gasteiger partial charge in [-0.05, 0) is 13.5 Å². The third-order valence-corrected chi connectivity index (χ3v) is 3.02. The fourth-order valence-electron chi connectivity index (χ4n) is 1.99. The number of hydrogen-bond acceptors (Lipinski definition) is 5. The summed E-state index contributed by atoms with van der Waals surface area (Å²) in [6.07, 6.45) is 1.93. The summed E-state index contributed by atoms with van der Waals surface area (Å²) in [5.74, 6) is 0.688. The van der Waals surface area contributed by atoms with E-state index in [-0.39, 0.29) is 12.1 Å². The lowest BCUT2D eigenvalue weighted by atomic mass is 10.2. The van der Waals surface area contributed by atoms with E-state index < -0.39 is 0 Å². The van der Waals surface area contributed by atoms with Crippen molar-refractivity contribution >= 4 is 0 Å². The minimum atomic E-state index is -0.115. The normalized spacial score (nSPS) is 23.8. The first kappa shape index (κ1) is 12.5. The van der Waals surface area contributed by atoms with Gasteiger partial charge in [-0.2, -0.15) is 5.10 Å². The minimum Gasteiger partial charge on any atom is -0.374 e. The molecule has 17 heavy (non-hydrogen) atoms. The number of nitrogens with zero attached hydrogens (tertiary/aromatic N) is 4. The number of likely N-dealkylation sites (N-methyl/N-ethyl adjacent to an activating group) is 1. The van der Waals surface area contributed by atoms with Crippen molar-refractivity contribution in [3.63, 3.8) is 0 Å². The van der Waals surface area contributed by atoms with E-state index >= 15 is 0 Å². The molecule has 1 saturated heterocycles. The molecule has 1 aliphatic rings. The zero-order chi connectivity index (χ0) is 12.3. The fourth-order valence-corrected chi connectivity index (χ4v) is 1.99. The van der Waals surface area contributed by atoms with Crippen molar-refractivity contribution in [2.45, 2.75) is 32.5 Å². The summed E-state index contributed by atoms with van der Waals surface area (Å²) in [6, 6.07) is -0.115. The van der Waals surface area contributed by atoms with Gasteiger partial charge in [-0.25, -0.2) is 9.67 Å². The predicted molar refractivity (Wildman–Crippen MR) is 64.5 cm³/mol. The Morgan fingerprint density at radius 1 is 1.65 bits per heavy atom. The Morgan fingerprint density at radius 2 is 2.47 bits per heavy atom. The molecule has 2 atom stereocenters. The van der Waals surface area contributed by atoms with Crippen molar-refractivity contribution < 1.29 is 4.74 Å². The second kappa shape index (κ2) is 5.57. The zero-order valence-electron chi connectivity index (χ0n) is 10.5. The van der Waals surface area contributed by atoms with Gasteiger partial charge < -0.3 is 10.5 Å². The molecule has 0 saturated carbocycles. The summed E-state index contributed by atoms with van der Waals surface area (Å²) < 4.78 is 7.54. The molecule has 2 unspecified atom stereocenters. The highest BCUT2D eigenvalue weighted by Gasteiger charge is 2.20. The van der Waals surface area contributed by atoms with E-state index in [1.54, 1.807) is 6.33 Å². The molecule has 2 heterocycles. The monoisotopic (exact) mass is 239 g/mol. The van der Waals surface area contributed by atoms with Gasteiger partial charge in [0.25, 0.3) is 0 Å². The standard InChI is InChI=1S/C11H21N5O/c1-3-15-4-5-17-10(6-15)7-16-8-13-11(14-16)9(2)12/h8-10H,3-7,12H2,1-2H3. The Kier molecular flexibility index (Phi) is 4.09. The maximum atomic E-state index is 5.73. The molecule has 1 aromatic rings. The fraction of sp³-hybridized carbons (Fsp3) is 0.818. The second-order valence-corrected chi connectivity index (χ2v) is 4.50. The number of nitrogens with two attached hydrogens (primary N) is 1. The highest BCUT2D eigenvalue weighted by molar-refractivity contribution is 4.88.